The van der Waals surface area contributed by atoms with E-state index in [1.807, 2.05) is 19.1 Å². The first kappa shape index (κ1) is 12.3. The molecule has 0 aliphatic carbocycles. The first-order valence-electron chi connectivity index (χ1n) is 5.88. The number of nitrogens with zero attached hydrogens (tertiary/aromatic N) is 3. The van der Waals surface area contributed by atoms with Gasteiger partial charge in [-0.25, -0.2) is 4.98 Å². The molecule has 0 saturated heterocycles. The molecule has 1 N–H and O–H groups in total. The lowest BCUT2D eigenvalue weighted by Crippen LogP contribution is -2.34. The second-order valence-electron chi connectivity index (χ2n) is 4.16. The molecule has 18 heavy (non-hydrogen) atoms. The molecule has 0 fully saturated rings. The third-order valence-corrected chi connectivity index (χ3v) is 2.53. The summed E-state index contributed by atoms with van der Waals surface area (Å²) in [4.78, 5) is 15.5. The van der Waals surface area contributed by atoms with Gasteiger partial charge in [-0.3, -0.25) is 9.48 Å². The Kier molecular flexibility index (Phi) is 4.11. The second-order valence-corrected chi connectivity index (χ2v) is 4.16. The number of carbonyl (C=O) groups excluding carboxylic acids is 1. The van der Waals surface area contributed by atoms with Crippen molar-refractivity contribution >= 4 is 5.91 Å². The van der Waals surface area contributed by atoms with Crippen LogP contribution in [0.5, 0.6) is 0 Å². The largest absolute Gasteiger partial charge is 0.469 e. The molecule has 2 aromatic rings. The van der Waals surface area contributed by atoms with Crippen LogP contribution in [0.4, 0.5) is 0 Å². The molecule has 2 rings (SSSR count). The Bertz CT molecular complexity index is 464. The predicted octanol–water partition coefficient (Wildman–Crippen LogP) is 1.01. The van der Waals surface area contributed by atoms with Crippen molar-refractivity contribution in [3.8, 4) is 0 Å². The molecule has 0 bridgehead atoms. The molecule has 0 unspecified atom stereocenters. The molecule has 1 atom stereocenters. The van der Waals surface area contributed by atoms with Gasteiger partial charge in [0.15, 0.2) is 0 Å². The van der Waals surface area contributed by atoms with Crippen LogP contribution in [0, 0.1) is 0 Å². The normalized spacial score (nSPS) is 12.3. The minimum Gasteiger partial charge on any atom is -0.469 e. The average molecular weight is 248 g/mol. The Hall–Kier alpha value is -2.11. The highest BCUT2D eigenvalue weighted by atomic mass is 16.3. The number of amides is 1. The number of hydrogen-bond donors (Lipinski definition) is 1. The summed E-state index contributed by atoms with van der Waals surface area (Å²) in [7, 11) is 0. The third-order valence-electron chi connectivity index (χ3n) is 2.53. The number of hydrogen-bond acceptors (Lipinski definition) is 4. The summed E-state index contributed by atoms with van der Waals surface area (Å²) in [5.74, 6) is 0.878. The van der Waals surface area contributed by atoms with Crippen LogP contribution in [0.1, 0.15) is 19.1 Å². The molecule has 6 nitrogen and oxygen atoms in total. The predicted molar refractivity (Wildman–Crippen MR) is 64.7 cm³/mol. The van der Waals surface area contributed by atoms with Crippen molar-refractivity contribution in [1.82, 2.24) is 20.1 Å². The second kappa shape index (κ2) is 6.00. The van der Waals surface area contributed by atoms with E-state index >= 15 is 0 Å². The quantitative estimate of drug-likeness (QED) is 0.828. The Morgan fingerprint density at radius 1 is 1.61 bits per heavy atom. The molecule has 6 heteroatoms. The standard InChI is InChI=1S/C12H16N4O2/c1-10(7-11-3-2-6-18-11)15-12(17)4-5-16-9-13-8-14-16/h2-3,6,8-10H,4-5,7H2,1H3,(H,15,17)/t10-/m1/s1. The highest BCUT2D eigenvalue weighted by molar-refractivity contribution is 5.76. The number of aromatic nitrogens is 3. The van der Waals surface area contributed by atoms with Gasteiger partial charge in [0.05, 0.1) is 12.8 Å². The van der Waals surface area contributed by atoms with Crippen molar-refractivity contribution in [3.63, 3.8) is 0 Å². The summed E-state index contributed by atoms with van der Waals surface area (Å²) in [6, 6.07) is 3.80. The number of carbonyl (C=O) groups is 1. The fourth-order valence-electron chi connectivity index (χ4n) is 1.69. The van der Waals surface area contributed by atoms with Gasteiger partial charge in [-0.15, -0.1) is 0 Å². The molecule has 96 valence electrons. The maximum atomic E-state index is 11.7. The highest BCUT2D eigenvalue weighted by Gasteiger charge is 2.09. The maximum absolute atomic E-state index is 11.7. The van der Waals surface area contributed by atoms with Gasteiger partial charge in [-0.1, -0.05) is 0 Å². The van der Waals surface area contributed by atoms with Gasteiger partial charge in [0.1, 0.15) is 18.4 Å². The van der Waals surface area contributed by atoms with E-state index in [1.165, 1.54) is 6.33 Å². The van der Waals surface area contributed by atoms with Gasteiger partial charge in [0.25, 0.3) is 0 Å². The summed E-state index contributed by atoms with van der Waals surface area (Å²) in [5, 5.41) is 6.86. The highest BCUT2D eigenvalue weighted by Crippen LogP contribution is 2.04. The lowest BCUT2D eigenvalue weighted by Gasteiger charge is -2.12. The van der Waals surface area contributed by atoms with Crippen molar-refractivity contribution in [1.29, 1.82) is 0 Å². The van der Waals surface area contributed by atoms with Gasteiger partial charge < -0.3 is 9.73 Å². The topological polar surface area (TPSA) is 73.0 Å². The molecular weight excluding hydrogens is 232 g/mol. The SMILES string of the molecule is C[C@H](Cc1ccco1)NC(=O)CCn1cncn1. The Labute approximate surface area is 105 Å². The van der Waals surface area contributed by atoms with Crippen molar-refractivity contribution < 1.29 is 9.21 Å². The number of rotatable bonds is 6. The average Bonchev–Trinajstić information content (AvgIpc) is 2.98. The van der Waals surface area contributed by atoms with Crippen molar-refractivity contribution in [2.24, 2.45) is 0 Å². The first-order chi connectivity index (χ1) is 8.74. The third kappa shape index (κ3) is 3.73. The molecule has 0 aliphatic rings. The van der Waals surface area contributed by atoms with Crippen molar-refractivity contribution in [2.45, 2.75) is 32.4 Å². The zero-order valence-electron chi connectivity index (χ0n) is 10.2. The van der Waals surface area contributed by atoms with Crippen LogP contribution in [0.15, 0.2) is 35.5 Å². The fourth-order valence-corrected chi connectivity index (χ4v) is 1.69. The summed E-state index contributed by atoms with van der Waals surface area (Å²) < 4.78 is 6.87. The number of furan rings is 1. The molecule has 1 amide bonds. The molecule has 0 saturated carbocycles. The van der Waals surface area contributed by atoms with E-state index in [0.29, 0.717) is 19.4 Å². The smallest absolute Gasteiger partial charge is 0.222 e. The zero-order chi connectivity index (χ0) is 12.8. The van der Waals surface area contributed by atoms with Gasteiger partial charge in [-0.05, 0) is 19.1 Å². The molecule has 2 heterocycles. The van der Waals surface area contributed by atoms with Crippen LogP contribution < -0.4 is 5.32 Å². The van der Waals surface area contributed by atoms with Crippen LogP contribution in [-0.2, 0) is 17.8 Å². The molecular formula is C12H16N4O2. The molecule has 0 aromatic carbocycles. The van der Waals surface area contributed by atoms with Gasteiger partial charge in [0, 0.05) is 18.9 Å². The van der Waals surface area contributed by atoms with E-state index in [-0.39, 0.29) is 11.9 Å². The van der Waals surface area contributed by atoms with E-state index in [9.17, 15) is 4.79 Å². The van der Waals surface area contributed by atoms with Crippen LogP contribution in [0.3, 0.4) is 0 Å². The minimum atomic E-state index is 0.00422. The summed E-state index contributed by atoms with van der Waals surface area (Å²) in [6.45, 7) is 2.50. The van der Waals surface area contributed by atoms with E-state index < -0.39 is 0 Å². The zero-order valence-corrected chi connectivity index (χ0v) is 10.2. The molecule has 0 aliphatic heterocycles. The van der Waals surface area contributed by atoms with Gasteiger partial charge in [0.2, 0.25) is 5.91 Å². The lowest BCUT2D eigenvalue weighted by molar-refractivity contribution is -0.121. The van der Waals surface area contributed by atoms with E-state index in [1.54, 1.807) is 17.3 Å². The monoisotopic (exact) mass is 248 g/mol. The van der Waals surface area contributed by atoms with Crippen LogP contribution in [0.25, 0.3) is 0 Å². The molecule has 2 aromatic heterocycles. The summed E-state index contributed by atoms with van der Waals surface area (Å²) >= 11 is 0. The van der Waals surface area contributed by atoms with Crippen LogP contribution >= 0.6 is 0 Å². The Balaban J connectivity index is 1.70. The van der Waals surface area contributed by atoms with Gasteiger partial charge in [-0.2, -0.15) is 5.10 Å². The van der Waals surface area contributed by atoms with E-state index in [0.717, 1.165) is 5.76 Å². The van der Waals surface area contributed by atoms with E-state index in [2.05, 4.69) is 15.4 Å². The van der Waals surface area contributed by atoms with Crippen LogP contribution in [0.2, 0.25) is 0 Å². The minimum absolute atomic E-state index is 0.00422. The van der Waals surface area contributed by atoms with Gasteiger partial charge >= 0.3 is 0 Å². The summed E-state index contributed by atoms with van der Waals surface area (Å²) in [5.41, 5.74) is 0. The Morgan fingerprint density at radius 3 is 3.17 bits per heavy atom. The lowest BCUT2D eigenvalue weighted by atomic mass is 10.2. The Morgan fingerprint density at radius 2 is 2.50 bits per heavy atom. The number of aryl methyl sites for hydroxylation is 1. The van der Waals surface area contributed by atoms with Crippen molar-refractivity contribution in [3.05, 3.63) is 36.8 Å². The summed E-state index contributed by atoms with van der Waals surface area (Å²) in [6.07, 6.45) is 5.78. The van der Waals surface area contributed by atoms with Crippen molar-refractivity contribution in [2.75, 3.05) is 0 Å². The maximum Gasteiger partial charge on any atom is 0.222 e. The number of nitrogens with one attached hydrogen (secondary N) is 1. The van der Waals surface area contributed by atoms with Crippen LogP contribution in [-0.4, -0.2) is 26.7 Å². The molecule has 0 radical (unpaired) electrons. The van der Waals surface area contributed by atoms with E-state index in [4.69, 9.17) is 4.42 Å². The first-order valence-corrected chi connectivity index (χ1v) is 5.88. The fraction of sp³-hybridized carbons (Fsp3) is 0.417. The molecule has 0 spiro atoms.